The molecular weight excluding hydrogens is 318 g/mol. The lowest BCUT2D eigenvalue weighted by Crippen LogP contribution is -2.27. The molecule has 1 nitrogen and oxygen atoms in total. The predicted molar refractivity (Wildman–Crippen MR) is 48.4 cm³/mol. The molecule has 1 N–H and O–H groups in total. The van der Waals surface area contributed by atoms with Gasteiger partial charge in [-0.25, -0.2) is 0 Å². The van der Waals surface area contributed by atoms with Crippen LogP contribution >= 0.6 is 45.2 Å². The summed E-state index contributed by atoms with van der Waals surface area (Å²) in [6.45, 7) is 1.84. The molecule has 0 amide bonds. The maximum Gasteiger partial charge on any atom is 0.0797 e. The van der Waals surface area contributed by atoms with E-state index in [-0.39, 0.29) is 0 Å². The Kier molecular flexibility index (Phi) is 4.15. The first-order valence-corrected chi connectivity index (χ1v) is 5.02. The van der Waals surface area contributed by atoms with Crippen LogP contribution < -0.4 is 0 Å². The van der Waals surface area contributed by atoms with Crippen molar-refractivity contribution in [2.24, 2.45) is 0 Å². The number of hydrogen-bond donors (Lipinski definition) is 1. The number of hydrogen-bond acceptors (Lipinski definition) is 1. The molecule has 0 rings (SSSR count). The van der Waals surface area contributed by atoms with Crippen LogP contribution in [0.25, 0.3) is 0 Å². The second-order valence-corrected chi connectivity index (χ2v) is 3.29. The van der Waals surface area contributed by atoms with Gasteiger partial charge in [0, 0.05) is 8.86 Å². The van der Waals surface area contributed by atoms with Gasteiger partial charge in [-0.2, -0.15) is 0 Å². The van der Waals surface area contributed by atoms with Crippen molar-refractivity contribution in [2.45, 2.75) is 12.5 Å². The van der Waals surface area contributed by atoms with Crippen LogP contribution in [0.5, 0.6) is 0 Å². The summed E-state index contributed by atoms with van der Waals surface area (Å²) < 4.78 is 1.63. The first-order valence-electron chi connectivity index (χ1n) is 1.97. The summed E-state index contributed by atoms with van der Waals surface area (Å²) in [6, 6.07) is 0. The van der Waals surface area contributed by atoms with E-state index in [9.17, 15) is 0 Å². The fourth-order valence-electron chi connectivity index (χ4n) is 0.0357. The molecule has 0 spiro atoms. The predicted octanol–water partition coefficient (Wildman–Crippen LogP) is 1.61. The molecule has 0 atom stereocenters. The van der Waals surface area contributed by atoms with Gasteiger partial charge in [0.1, 0.15) is 0 Å². The van der Waals surface area contributed by atoms with Gasteiger partial charge in [-0.1, -0.05) is 45.2 Å². The van der Waals surface area contributed by atoms with Gasteiger partial charge in [0.15, 0.2) is 0 Å². The third-order valence-electron chi connectivity index (χ3n) is 0.576. The van der Waals surface area contributed by atoms with E-state index in [1.54, 1.807) is 0 Å². The highest BCUT2D eigenvalue weighted by atomic mass is 127. The molecule has 0 saturated carbocycles. The quantitative estimate of drug-likeness (QED) is 0.604. The summed E-state index contributed by atoms with van der Waals surface area (Å²) in [5.74, 6) is 0. The molecule has 0 radical (unpaired) electrons. The van der Waals surface area contributed by atoms with Gasteiger partial charge in [0.2, 0.25) is 0 Å². The molecule has 0 fully saturated rings. The van der Waals surface area contributed by atoms with Gasteiger partial charge >= 0.3 is 0 Å². The summed E-state index contributed by atoms with van der Waals surface area (Å²) in [7, 11) is 0. The Hall–Kier alpha value is 1.42. The van der Waals surface area contributed by atoms with Crippen LogP contribution in [-0.4, -0.2) is 19.6 Å². The highest BCUT2D eigenvalue weighted by Crippen LogP contribution is 2.10. The van der Waals surface area contributed by atoms with E-state index in [4.69, 9.17) is 5.11 Å². The van der Waals surface area contributed by atoms with Gasteiger partial charge < -0.3 is 5.11 Å². The van der Waals surface area contributed by atoms with Crippen molar-refractivity contribution in [1.29, 1.82) is 0 Å². The molecule has 44 valence electrons. The Morgan fingerprint density at radius 1 is 1.43 bits per heavy atom. The molecule has 0 heterocycles. The average molecular weight is 326 g/mol. The second-order valence-electron chi connectivity index (χ2n) is 1.76. The smallest absolute Gasteiger partial charge is 0.0797 e. The van der Waals surface area contributed by atoms with Crippen molar-refractivity contribution in [1.82, 2.24) is 0 Å². The van der Waals surface area contributed by atoms with Gasteiger partial charge in [0.25, 0.3) is 0 Å². The number of aliphatic hydroxyl groups is 1. The normalized spacial score (nSPS) is 12.0. The SMILES string of the molecule is CC(O)(CI)CI. The van der Waals surface area contributed by atoms with Crippen molar-refractivity contribution in [3.05, 3.63) is 0 Å². The van der Waals surface area contributed by atoms with Gasteiger partial charge in [-0.15, -0.1) is 0 Å². The van der Waals surface area contributed by atoms with E-state index in [2.05, 4.69) is 45.2 Å². The first kappa shape index (κ1) is 8.42. The lowest BCUT2D eigenvalue weighted by atomic mass is 10.2. The monoisotopic (exact) mass is 326 g/mol. The van der Waals surface area contributed by atoms with E-state index in [0.717, 1.165) is 8.86 Å². The molecule has 0 bridgehead atoms. The van der Waals surface area contributed by atoms with Crippen LogP contribution in [0.15, 0.2) is 0 Å². The van der Waals surface area contributed by atoms with Crippen molar-refractivity contribution < 1.29 is 5.11 Å². The van der Waals surface area contributed by atoms with Crippen molar-refractivity contribution in [3.63, 3.8) is 0 Å². The highest BCUT2D eigenvalue weighted by Gasteiger charge is 2.14. The summed E-state index contributed by atoms with van der Waals surface area (Å²) in [5.41, 5.74) is -0.443. The zero-order valence-electron chi connectivity index (χ0n) is 4.12. The molecule has 0 unspecified atom stereocenters. The minimum Gasteiger partial charge on any atom is -0.389 e. The molecule has 0 aliphatic rings. The molecule has 0 aliphatic heterocycles. The van der Waals surface area contributed by atoms with Gasteiger partial charge in [-0.3, -0.25) is 0 Å². The number of halogens is 2. The topological polar surface area (TPSA) is 20.2 Å². The van der Waals surface area contributed by atoms with Crippen molar-refractivity contribution in [3.8, 4) is 0 Å². The summed E-state index contributed by atoms with van der Waals surface area (Å²) >= 11 is 4.35. The maximum atomic E-state index is 9.12. The van der Waals surface area contributed by atoms with E-state index in [1.807, 2.05) is 6.92 Å². The lowest BCUT2D eigenvalue weighted by molar-refractivity contribution is 0.118. The van der Waals surface area contributed by atoms with Crippen LogP contribution in [0.2, 0.25) is 0 Å². The van der Waals surface area contributed by atoms with Crippen molar-refractivity contribution >= 4 is 45.2 Å². The fraction of sp³-hybridized carbons (Fsp3) is 1.00. The largest absolute Gasteiger partial charge is 0.389 e. The Morgan fingerprint density at radius 3 is 1.71 bits per heavy atom. The molecule has 0 aromatic rings. The fourth-order valence-corrected chi connectivity index (χ4v) is 1.61. The Bertz CT molecular complexity index is 47.7. The van der Waals surface area contributed by atoms with Crippen LogP contribution in [-0.2, 0) is 0 Å². The van der Waals surface area contributed by atoms with E-state index >= 15 is 0 Å². The van der Waals surface area contributed by atoms with E-state index in [1.165, 1.54) is 0 Å². The standard InChI is InChI=1S/C4H8I2O/c1-4(7,2-5)3-6/h7H,2-3H2,1H3. The molecule has 0 aromatic heterocycles. The van der Waals surface area contributed by atoms with E-state index in [0.29, 0.717) is 0 Å². The Morgan fingerprint density at radius 2 is 1.71 bits per heavy atom. The zero-order valence-corrected chi connectivity index (χ0v) is 8.43. The number of rotatable bonds is 2. The molecule has 0 aromatic carbocycles. The molecule has 3 heteroatoms. The molecule has 0 aliphatic carbocycles. The summed E-state index contributed by atoms with van der Waals surface area (Å²) in [5, 5.41) is 9.12. The highest BCUT2D eigenvalue weighted by molar-refractivity contribution is 14.1. The first-order chi connectivity index (χ1) is 3.12. The number of alkyl halides is 2. The molecule has 0 saturated heterocycles. The van der Waals surface area contributed by atoms with Crippen LogP contribution in [0.4, 0.5) is 0 Å². The average Bonchev–Trinajstić information content (AvgIpc) is 1.68. The lowest BCUT2D eigenvalue weighted by Gasteiger charge is -2.14. The summed E-state index contributed by atoms with van der Waals surface area (Å²) in [4.78, 5) is 0. The Balaban J connectivity index is 3.36. The molecular formula is C4H8I2O. The van der Waals surface area contributed by atoms with E-state index < -0.39 is 5.60 Å². The minimum absolute atomic E-state index is 0.443. The maximum absolute atomic E-state index is 9.12. The van der Waals surface area contributed by atoms with Gasteiger partial charge in [-0.05, 0) is 6.92 Å². The third-order valence-corrected chi connectivity index (χ3v) is 3.86. The van der Waals surface area contributed by atoms with Crippen molar-refractivity contribution in [2.75, 3.05) is 8.86 Å². The van der Waals surface area contributed by atoms with Crippen LogP contribution in [0, 0.1) is 0 Å². The Labute approximate surface area is 71.2 Å². The third kappa shape index (κ3) is 3.96. The second kappa shape index (κ2) is 3.45. The van der Waals surface area contributed by atoms with Crippen LogP contribution in [0.1, 0.15) is 6.92 Å². The molecule has 7 heavy (non-hydrogen) atoms. The van der Waals surface area contributed by atoms with Crippen LogP contribution in [0.3, 0.4) is 0 Å². The zero-order chi connectivity index (χ0) is 5.91. The summed E-state index contributed by atoms with van der Waals surface area (Å²) in [6.07, 6.45) is 0. The minimum atomic E-state index is -0.443. The van der Waals surface area contributed by atoms with Gasteiger partial charge in [0.05, 0.1) is 5.60 Å².